The van der Waals surface area contributed by atoms with Crippen LogP contribution >= 0.6 is 0 Å². The molecule has 0 aromatic carbocycles. The van der Waals surface area contributed by atoms with Crippen molar-refractivity contribution in [1.82, 2.24) is 0 Å². The molecule has 1 aliphatic rings. The van der Waals surface area contributed by atoms with Gasteiger partial charge in [0.15, 0.2) is 0 Å². The van der Waals surface area contributed by atoms with E-state index in [1.54, 1.807) is 0 Å². The summed E-state index contributed by atoms with van der Waals surface area (Å²) in [5, 5.41) is 0. The number of hydrogen-bond donors (Lipinski definition) is 0. The van der Waals surface area contributed by atoms with Crippen LogP contribution in [-0.2, 0) is 0 Å². The maximum Gasteiger partial charge on any atom is -0.0357 e. The summed E-state index contributed by atoms with van der Waals surface area (Å²) in [6.07, 6.45) is 4.31. The van der Waals surface area contributed by atoms with Crippen molar-refractivity contribution in [2.24, 2.45) is 17.8 Å². The molecule has 0 heteroatoms. The van der Waals surface area contributed by atoms with Crippen LogP contribution in [0, 0.1) is 17.8 Å². The normalized spacial score (nSPS) is 36.3. The van der Waals surface area contributed by atoms with E-state index in [-0.39, 0.29) is 0 Å². The second kappa shape index (κ2) is 2.72. The van der Waals surface area contributed by atoms with Gasteiger partial charge in [-0.3, -0.25) is 0 Å². The Kier molecular flexibility index (Phi) is 2.15. The fourth-order valence-electron chi connectivity index (χ4n) is 1.74. The van der Waals surface area contributed by atoms with Crippen molar-refractivity contribution in [1.29, 1.82) is 0 Å². The van der Waals surface area contributed by atoms with Crippen LogP contribution in [0.2, 0.25) is 0 Å². The van der Waals surface area contributed by atoms with E-state index in [4.69, 9.17) is 0 Å². The monoisotopic (exact) mass is 126 g/mol. The zero-order chi connectivity index (χ0) is 6.85. The first-order chi connectivity index (χ1) is 4.29. The zero-order valence-electron chi connectivity index (χ0n) is 6.85. The molecule has 0 heterocycles. The topological polar surface area (TPSA) is 0 Å². The lowest BCUT2D eigenvalue weighted by Gasteiger charge is -2.04. The molecule has 0 N–H and O–H groups in total. The fourth-order valence-corrected chi connectivity index (χ4v) is 1.74. The summed E-state index contributed by atoms with van der Waals surface area (Å²) in [5.74, 6) is 3.19. The van der Waals surface area contributed by atoms with E-state index >= 15 is 0 Å². The Morgan fingerprint density at radius 3 is 2.44 bits per heavy atom. The zero-order valence-corrected chi connectivity index (χ0v) is 6.85. The van der Waals surface area contributed by atoms with Gasteiger partial charge in [-0.05, 0) is 24.2 Å². The van der Waals surface area contributed by atoms with Gasteiger partial charge in [-0.2, -0.15) is 0 Å². The van der Waals surface area contributed by atoms with Crippen molar-refractivity contribution in [3.8, 4) is 0 Å². The lowest BCUT2D eigenvalue weighted by Crippen LogP contribution is -1.95. The van der Waals surface area contributed by atoms with E-state index in [1.165, 1.54) is 19.3 Å². The van der Waals surface area contributed by atoms with E-state index in [2.05, 4.69) is 20.8 Å². The Balaban J connectivity index is 2.17. The van der Waals surface area contributed by atoms with Gasteiger partial charge in [-0.25, -0.2) is 0 Å². The van der Waals surface area contributed by atoms with Gasteiger partial charge < -0.3 is 0 Å². The molecule has 0 amide bonds. The average Bonchev–Trinajstić information content (AvgIpc) is 2.64. The predicted molar refractivity (Wildman–Crippen MR) is 41.3 cm³/mol. The van der Waals surface area contributed by atoms with Crippen molar-refractivity contribution >= 4 is 0 Å². The smallest absolute Gasteiger partial charge is 0.0357 e. The Morgan fingerprint density at radius 1 is 1.44 bits per heavy atom. The van der Waals surface area contributed by atoms with Crippen LogP contribution in [0.25, 0.3) is 0 Å². The molecule has 1 aliphatic carbocycles. The van der Waals surface area contributed by atoms with Gasteiger partial charge >= 0.3 is 0 Å². The molecule has 1 fully saturated rings. The minimum absolute atomic E-state index is 0.995. The van der Waals surface area contributed by atoms with Crippen LogP contribution in [0.5, 0.6) is 0 Å². The number of rotatable bonds is 3. The SMILES string of the molecule is CC[C@H]1C[C@@H]1[C@@H](C)CC. The molecule has 0 nitrogen and oxygen atoms in total. The Bertz CT molecular complexity index is 86.0. The van der Waals surface area contributed by atoms with Gasteiger partial charge in [-0.1, -0.05) is 33.6 Å². The van der Waals surface area contributed by atoms with Crippen molar-refractivity contribution in [3.63, 3.8) is 0 Å². The quantitative estimate of drug-likeness (QED) is 0.545. The van der Waals surface area contributed by atoms with Gasteiger partial charge in [0.25, 0.3) is 0 Å². The molecule has 54 valence electrons. The second-order valence-corrected chi connectivity index (χ2v) is 3.45. The third kappa shape index (κ3) is 1.47. The first kappa shape index (κ1) is 7.11. The molecule has 0 radical (unpaired) electrons. The van der Waals surface area contributed by atoms with Crippen LogP contribution in [-0.4, -0.2) is 0 Å². The maximum absolute atomic E-state index is 2.39. The first-order valence-corrected chi connectivity index (χ1v) is 4.29. The molecular formula is C9H18. The molecule has 0 bridgehead atoms. The third-order valence-electron chi connectivity index (χ3n) is 2.88. The van der Waals surface area contributed by atoms with Gasteiger partial charge in [0, 0.05) is 0 Å². The third-order valence-corrected chi connectivity index (χ3v) is 2.88. The second-order valence-electron chi connectivity index (χ2n) is 3.45. The average molecular weight is 126 g/mol. The van der Waals surface area contributed by atoms with Crippen molar-refractivity contribution in [2.75, 3.05) is 0 Å². The summed E-state index contributed by atoms with van der Waals surface area (Å²) in [5.41, 5.74) is 0. The molecule has 0 unspecified atom stereocenters. The maximum atomic E-state index is 2.39. The molecule has 0 saturated heterocycles. The highest BCUT2D eigenvalue weighted by molar-refractivity contribution is 4.87. The van der Waals surface area contributed by atoms with Gasteiger partial charge in [0.05, 0.1) is 0 Å². The van der Waals surface area contributed by atoms with Crippen molar-refractivity contribution in [3.05, 3.63) is 0 Å². The molecule has 3 atom stereocenters. The Hall–Kier alpha value is 0. The van der Waals surface area contributed by atoms with Crippen LogP contribution in [0.1, 0.15) is 40.0 Å². The highest BCUT2D eigenvalue weighted by Gasteiger charge is 2.38. The minimum Gasteiger partial charge on any atom is -0.0651 e. The number of hydrogen-bond acceptors (Lipinski definition) is 0. The predicted octanol–water partition coefficient (Wildman–Crippen LogP) is 3.08. The van der Waals surface area contributed by atoms with Gasteiger partial charge in [-0.15, -0.1) is 0 Å². The molecular weight excluding hydrogens is 108 g/mol. The largest absolute Gasteiger partial charge is 0.0651 e. The Labute approximate surface area is 58.7 Å². The lowest BCUT2D eigenvalue weighted by molar-refractivity contribution is 0.457. The molecule has 0 aromatic heterocycles. The summed E-state index contributed by atoms with van der Waals surface area (Å²) in [6, 6.07) is 0. The highest BCUT2D eigenvalue weighted by atomic mass is 14.4. The molecule has 0 aromatic rings. The van der Waals surface area contributed by atoms with E-state index in [1.807, 2.05) is 0 Å². The summed E-state index contributed by atoms with van der Waals surface area (Å²) in [4.78, 5) is 0. The molecule has 0 spiro atoms. The van der Waals surface area contributed by atoms with Gasteiger partial charge in [0.1, 0.15) is 0 Å². The summed E-state index contributed by atoms with van der Waals surface area (Å²) >= 11 is 0. The summed E-state index contributed by atoms with van der Waals surface area (Å²) in [6.45, 7) is 7.00. The van der Waals surface area contributed by atoms with Crippen LogP contribution in [0.15, 0.2) is 0 Å². The molecule has 9 heavy (non-hydrogen) atoms. The van der Waals surface area contributed by atoms with Crippen molar-refractivity contribution < 1.29 is 0 Å². The fraction of sp³-hybridized carbons (Fsp3) is 1.00. The van der Waals surface area contributed by atoms with Gasteiger partial charge in [0.2, 0.25) is 0 Å². The van der Waals surface area contributed by atoms with Crippen molar-refractivity contribution in [2.45, 2.75) is 40.0 Å². The van der Waals surface area contributed by atoms with E-state index in [0.29, 0.717) is 0 Å². The van der Waals surface area contributed by atoms with E-state index in [9.17, 15) is 0 Å². The summed E-state index contributed by atoms with van der Waals surface area (Å²) in [7, 11) is 0. The lowest BCUT2D eigenvalue weighted by atomic mass is 10.0. The molecule has 0 aliphatic heterocycles. The molecule has 1 rings (SSSR count). The van der Waals surface area contributed by atoms with Crippen LogP contribution in [0.4, 0.5) is 0 Å². The molecule has 1 saturated carbocycles. The van der Waals surface area contributed by atoms with E-state index in [0.717, 1.165) is 17.8 Å². The summed E-state index contributed by atoms with van der Waals surface area (Å²) < 4.78 is 0. The Morgan fingerprint density at radius 2 is 2.11 bits per heavy atom. The first-order valence-electron chi connectivity index (χ1n) is 4.29. The van der Waals surface area contributed by atoms with Crippen LogP contribution in [0.3, 0.4) is 0 Å². The highest BCUT2D eigenvalue weighted by Crippen LogP contribution is 2.47. The van der Waals surface area contributed by atoms with E-state index < -0.39 is 0 Å². The van der Waals surface area contributed by atoms with Crippen LogP contribution < -0.4 is 0 Å². The standard InChI is InChI=1S/C9H18/c1-4-7(3)9-6-8(9)5-2/h7-9H,4-6H2,1-3H3/t7-,8-,9+/m0/s1. The minimum atomic E-state index is 0.995.